The molecule has 17 heavy (non-hydrogen) atoms. The van der Waals surface area contributed by atoms with E-state index in [0.29, 0.717) is 5.56 Å². The fraction of sp³-hybridized carbons (Fsp3) is 0.417. The zero-order chi connectivity index (χ0) is 12.3. The zero-order valence-electron chi connectivity index (χ0n) is 9.37. The van der Waals surface area contributed by atoms with Crippen molar-refractivity contribution in [2.45, 2.75) is 25.3 Å². The molecule has 1 saturated carbocycles. The van der Waals surface area contributed by atoms with E-state index in [2.05, 4.69) is 4.98 Å². The molecule has 1 heterocycles. The Bertz CT molecular complexity index is 415. The molecular formula is C12H14N2O3. The van der Waals surface area contributed by atoms with Crippen LogP contribution in [-0.4, -0.2) is 39.5 Å². The third kappa shape index (κ3) is 3.03. The zero-order valence-corrected chi connectivity index (χ0v) is 9.37. The summed E-state index contributed by atoms with van der Waals surface area (Å²) in [6.07, 6.45) is 5.06. The molecule has 0 bridgehead atoms. The van der Waals surface area contributed by atoms with E-state index in [9.17, 15) is 9.59 Å². The van der Waals surface area contributed by atoms with E-state index < -0.39 is 5.97 Å². The minimum atomic E-state index is -0.877. The van der Waals surface area contributed by atoms with Crippen molar-refractivity contribution in [3.05, 3.63) is 30.1 Å². The van der Waals surface area contributed by atoms with Crippen LogP contribution in [0.15, 0.2) is 24.5 Å². The molecule has 1 aliphatic rings. The van der Waals surface area contributed by atoms with E-state index in [1.807, 2.05) is 0 Å². The maximum atomic E-state index is 12.1. The van der Waals surface area contributed by atoms with E-state index in [4.69, 9.17) is 5.11 Å². The molecule has 0 aliphatic heterocycles. The largest absolute Gasteiger partial charge is 0.481 e. The van der Waals surface area contributed by atoms with Crippen LogP contribution in [0.5, 0.6) is 0 Å². The van der Waals surface area contributed by atoms with Gasteiger partial charge >= 0.3 is 5.97 Å². The highest BCUT2D eigenvalue weighted by Gasteiger charge is 2.32. The van der Waals surface area contributed by atoms with Crippen molar-refractivity contribution in [2.24, 2.45) is 0 Å². The first-order chi connectivity index (χ1) is 8.18. The smallest absolute Gasteiger partial charge is 0.305 e. The van der Waals surface area contributed by atoms with Gasteiger partial charge in [-0.3, -0.25) is 14.6 Å². The normalized spacial score (nSPS) is 14.4. The van der Waals surface area contributed by atoms with Crippen LogP contribution in [0.1, 0.15) is 29.6 Å². The topological polar surface area (TPSA) is 70.5 Å². The summed E-state index contributed by atoms with van der Waals surface area (Å²) in [6.45, 7) is 0.279. The minimum absolute atomic E-state index is 0.00662. The Kier molecular flexibility index (Phi) is 3.37. The van der Waals surface area contributed by atoms with Crippen LogP contribution in [0.3, 0.4) is 0 Å². The van der Waals surface area contributed by atoms with E-state index >= 15 is 0 Å². The van der Waals surface area contributed by atoms with Crippen molar-refractivity contribution in [1.82, 2.24) is 9.88 Å². The number of carbonyl (C=O) groups excluding carboxylic acids is 1. The predicted octanol–water partition coefficient (Wildman–Crippen LogP) is 1.16. The number of carboxylic acids is 1. The van der Waals surface area contributed by atoms with Gasteiger partial charge in [0.15, 0.2) is 0 Å². The first-order valence-electron chi connectivity index (χ1n) is 5.61. The van der Waals surface area contributed by atoms with E-state index in [1.54, 1.807) is 29.4 Å². The highest BCUT2D eigenvalue weighted by Crippen LogP contribution is 2.28. The third-order valence-corrected chi connectivity index (χ3v) is 2.74. The summed E-state index contributed by atoms with van der Waals surface area (Å²) in [5.41, 5.74) is 0.567. The lowest BCUT2D eigenvalue weighted by molar-refractivity contribution is -0.137. The number of carboxylic acid groups (broad SMARTS) is 1. The molecule has 1 aromatic rings. The average molecular weight is 234 g/mol. The molecule has 1 fully saturated rings. The molecule has 0 spiro atoms. The van der Waals surface area contributed by atoms with E-state index in [-0.39, 0.29) is 24.9 Å². The highest BCUT2D eigenvalue weighted by molar-refractivity contribution is 5.94. The van der Waals surface area contributed by atoms with Gasteiger partial charge in [0.25, 0.3) is 5.91 Å². The molecule has 90 valence electrons. The number of hydrogen-bond acceptors (Lipinski definition) is 3. The van der Waals surface area contributed by atoms with Gasteiger partial charge in [0.05, 0.1) is 6.42 Å². The Hall–Kier alpha value is -1.91. The molecule has 5 nitrogen and oxygen atoms in total. The summed E-state index contributed by atoms with van der Waals surface area (Å²) in [5, 5.41) is 8.67. The Balaban J connectivity index is 2.05. The maximum absolute atomic E-state index is 12.1. The molecule has 2 rings (SSSR count). The van der Waals surface area contributed by atoms with Gasteiger partial charge in [-0.1, -0.05) is 0 Å². The van der Waals surface area contributed by atoms with Gasteiger partial charge in [-0.05, 0) is 25.0 Å². The third-order valence-electron chi connectivity index (χ3n) is 2.74. The molecule has 0 aromatic carbocycles. The number of hydrogen-bond donors (Lipinski definition) is 1. The van der Waals surface area contributed by atoms with Crippen molar-refractivity contribution >= 4 is 11.9 Å². The van der Waals surface area contributed by atoms with Gasteiger partial charge in [0.1, 0.15) is 0 Å². The predicted molar refractivity (Wildman–Crippen MR) is 60.5 cm³/mol. The van der Waals surface area contributed by atoms with Gasteiger partial charge in [-0.25, -0.2) is 0 Å². The molecule has 0 unspecified atom stereocenters. The Morgan fingerprint density at radius 3 is 2.53 bits per heavy atom. The van der Waals surface area contributed by atoms with Crippen LogP contribution in [-0.2, 0) is 4.79 Å². The SMILES string of the molecule is O=C(O)CCN(C(=O)c1ccncc1)C1CC1. The van der Waals surface area contributed by atoms with Crippen LogP contribution in [0.25, 0.3) is 0 Å². The molecule has 0 atom stereocenters. The summed E-state index contributed by atoms with van der Waals surface area (Å²) in [5.74, 6) is -0.977. The number of aromatic nitrogens is 1. The first kappa shape index (κ1) is 11.6. The fourth-order valence-electron chi connectivity index (χ4n) is 1.71. The number of rotatable bonds is 5. The minimum Gasteiger partial charge on any atom is -0.481 e. The second-order valence-corrected chi connectivity index (χ2v) is 4.11. The molecule has 5 heteroatoms. The van der Waals surface area contributed by atoms with Crippen LogP contribution in [0.4, 0.5) is 0 Å². The van der Waals surface area contributed by atoms with Crippen LogP contribution < -0.4 is 0 Å². The Morgan fingerprint density at radius 1 is 1.35 bits per heavy atom. The quantitative estimate of drug-likeness (QED) is 0.830. The number of amides is 1. The number of nitrogens with zero attached hydrogens (tertiary/aromatic N) is 2. The maximum Gasteiger partial charge on any atom is 0.305 e. The standard InChI is InChI=1S/C12H14N2O3/c15-11(16)5-8-14(10-1-2-10)12(17)9-3-6-13-7-4-9/h3-4,6-7,10H,1-2,5,8H2,(H,15,16). The Labute approximate surface area is 99.1 Å². The summed E-state index contributed by atoms with van der Waals surface area (Å²) < 4.78 is 0. The molecule has 0 saturated heterocycles. The van der Waals surface area contributed by atoms with Gasteiger partial charge in [-0.15, -0.1) is 0 Å². The van der Waals surface area contributed by atoms with Crippen molar-refractivity contribution in [3.8, 4) is 0 Å². The summed E-state index contributed by atoms with van der Waals surface area (Å²) in [7, 11) is 0. The lowest BCUT2D eigenvalue weighted by atomic mass is 10.2. The number of aliphatic carboxylic acids is 1. The summed E-state index contributed by atoms with van der Waals surface area (Å²) in [4.78, 5) is 28.2. The van der Waals surface area contributed by atoms with Crippen LogP contribution in [0.2, 0.25) is 0 Å². The van der Waals surface area contributed by atoms with Gasteiger partial charge in [0.2, 0.25) is 0 Å². The van der Waals surface area contributed by atoms with Crippen molar-refractivity contribution in [2.75, 3.05) is 6.54 Å². The van der Waals surface area contributed by atoms with Crippen LogP contribution >= 0.6 is 0 Å². The van der Waals surface area contributed by atoms with E-state index in [0.717, 1.165) is 12.8 Å². The Morgan fingerprint density at radius 2 is 2.00 bits per heavy atom. The first-order valence-corrected chi connectivity index (χ1v) is 5.61. The second kappa shape index (κ2) is 4.95. The lowest BCUT2D eigenvalue weighted by Crippen LogP contribution is -2.35. The summed E-state index contributed by atoms with van der Waals surface area (Å²) >= 11 is 0. The molecule has 1 aliphatic carbocycles. The highest BCUT2D eigenvalue weighted by atomic mass is 16.4. The molecule has 1 N–H and O–H groups in total. The van der Waals surface area contributed by atoms with Crippen molar-refractivity contribution in [1.29, 1.82) is 0 Å². The van der Waals surface area contributed by atoms with E-state index in [1.165, 1.54) is 0 Å². The van der Waals surface area contributed by atoms with Crippen LogP contribution in [0, 0.1) is 0 Å². The molecule has 1 amide bonds. The van der Waals surface area contributed by atoms with Gasteiger partial charge < -0.3 is 10.0 Å². The second-order valence-electron chi connectivity index (χ2n) is 4.11. The number of carbonyl (C=O) groups is 2. The van der Waals surface area contributed by atoms with Gasteiger partial charge in [-0.2, -0.15) is 0 Å². The molecule has 0 radical (unpaired) electrons. The van der Waals surface area contributed by atoms with Crippen molar-refractivity contribution < 1.29 is 14.7 Å². The molecule has 1 aromatic heterocycles. The average Bonchev–Trinajstić information content (AvgIpc) is 3.14. The molecular weight excluding hydrogens is 220 g/mol. The van der Waals surface area contributed by atoms with Crippen molar-refractivity contribution in [3.63, 3.8) is 0 Å². The van der Waals surface area contributed by atoms with Gasteiger partial charge in [0, 0.05) is 30.5 Å². The fourth-order valence-corrected chi connectivity index (χ4v) is 1.71. The monoisotopic (exact) mass is 234 g/mol. The lowest BCUT2D eigenvalue weighted by Gasteiger charge is -2.21. The number of pyridine rings is 1. The summed E-state index contributed by atoms with van der Waals surface area (Å²) in [6, 6.07) is 3.52.